The number of nitrogens with one attached hydrogen (secondary N) is 2. The van der Waals surface area contributed by atoms with Gasteiger partial charge in [-0.05, 0) is 24.3 Å². The van der Waals surface area contributed by atoms with Gasteiger partial charge in [-0.15, -0.1) is 0 Å². The third kappa shape index (κ3) is 1.89. The van der Waals surface area contributed by atoms with Gasteiger partial charge in [0.2, 0.25) is 0 Å². The van der Waals surface area contributed by atoms with Crippen molar-refractivity contribution in [3.63, 3.8) is 0 Å². The van der Waals surface area contributed by atoms with Crippen molar-refractivity contribution in [2.24, 2.45) is 0 Å². The Morgan fingerprint density at radius 2 is 1.70 bits per heavy atom. The molecule has 2 aromatic rings. The SMILES string of the molecule is COc1ccccc1Nc1cccc2c1C(=O)NC2=O. The van der Waals surface area contributed by atoms with Crippen LogP contribution in [0, 0.1) is 0 Å². The monoisotopic (exact) mass is 268 g/mol. The van der Waals surface area contributed by atoms with Crippen molar-refractivity contribution in [2.45, 2.75) is 0 Å². The minimum absolute atomic E-state index is 0.364. The number of carbonyl (C=O) groups excluding carboxylic acids is 2. The van der Waals surface area contributed by atoms with Gasteiger partial charge in [0.25, 0.3) is 11.8 Å². The fraction of sp³-hybridized carbons (Fsp3) is 0.0667. The highest BCUT2D eigenvalue weighted by Crippen LogP contribution is 2.31. The molecule has 0 spiro atoms. The Morgan fingerprint density at radius 3 is 2.50 bits per heavy atom. The Labute approximate surface area is 115 Å². The second-order valence-electron chi connectivity index (χ2n) is 4.34. The Balaban J connectivity index is 2.05. The predicted octanol–water partition coefficient (Wildman–Crippen LogP) is 2.32. The molecule has 1 heterocycles. The minimum atomic E-state index is -0.386. The van der Waals surface area contributed by atoms with Crippen molar-refractivity contribution in [3.05, 3.63) is 53.6 Å². The third-order valence-electron chi connectivity index (χ3n) is 3.14. The van der Waals surface area contributed by atoms with Crippen LogP contribution in [0.5, 0.6) is 5.75 Å². The summed E-state index contributed by atoms with van der Waals surface area (Å²) in [7, 11) is 1.58. The summed E-state index contributed by atoms with van der Waals surface area (Å²) in [6, 6.07) is 12.5. The van der Waals surface area contributed by atoms with Crippen LogP contribution in [0.2, 0.25) is 0 Å². The predicted molar refractivity (Wildman–Crippen MR) is 74.5 cm³/mol. The van der Waals surface area contributed by atoms with Gasteiger partial charge >= 0.3 is 0 Å². The summed E-state index contributed by atoms with van der Waals surface area (Å²) in [5.41, 5.74) is 2.06. The lowest BCUT2D eigenvalue weighted by Gasteiger charge is -2.12. The molecule has 0 fully saturated rings. The molecule has 0 saturated heterocycles. The summed E-state index contributed by atoms with van der Waals surface area (Å²) in [4.78, 5) is 23.5. The third-order valence-corrected chi connectivity index (χ3v) is 3.14. The number of hydrogen-bond acceptors (Lipinski definition) is 4. The van der Waals surface area contributed by atoms with Crippen molar-refractivity contribution in [1.29, 1.82) is 0 Å². The van der Waals surface area contributed by atoms with Crippen molar-refractivity contribution < 1.29 is 14.3 Å². The molecule has 3 rings (SSSR count). The number of rotatable bonds is 3. The van der Waals surface area contributed by atoms with E-state index in [2.05, 4.69) is 10.6 Å². The fourth-order valence-electron chi connectivity index (χ4n) is 2.22. The van der Waals surface area contributed by atoms with Gasteiger partial charge in [0.15, 0.2) is 0 Å². The summed E-state index contributed by atoms with van der Waals surface area (Å²) in [5.74, 6) is -0.0912. The zero-order chi connectivity index (χ0) is 14.1. The van der Waals surface area contributed by atoms with Crippen molar-refractivity contribution in [3.8, 4) is 5.75 Å². The minimum Gasteiger partial charge on any atom is -0.495 e. The van der Waals surface area contributed by atoms with Crippen LogP contribution in [-0.2, 0) is 0 Å². The van der Waals surface area contributed by atoms with E-state index in [1.807, 2.05) is 24.3 Å². The van der Waals surface area contributed by atoms with Crippen LogP contribution in [0.15, 0.2) is 42.5 Å². The van der Waals surface area contributed by atoms with Gasteiger partial charge in [0.05, 0.1) is 29.6 Å². The van der Waals surface area contributed by atoms with Gasteiger partial charge in [-0.3, -0.25) is 14.9 Å². The van der Waals surface area contributed by atoms with Crippen LogP contribution < -0.4 is 15.4 Å². The molecule has 0 radical (unpaired) electrons. The van der Waals surface area contributed by atoms with Gasteiger partial charge in [0, 0.05) is 0 Å². The van der Waals surface area contributed by atoms with Gasteiger partial charge in [-0.1, -0.05) is 18.2 Å². The molecule has 0 saturated carbocycles. The van der Waals surface area contributed by atoms with Gasteiger partial charge in [-0.25, -0.2) is 0 Å². The van der Waals surface area contributed by atoms with Crippen molar-refractivity contribution >= 4 is 23.2 Å². The van der Waals surface area contributed by atoms with E-state index < -0.39 is 0 Å². The van der Waals surface area contributed by atoms with E-state index >= 15 is 0 Å². The molecule has 2 N–H and O–H groups in total. The molecule has 0 aliphatic carbocycles. The number of ether oxygens (including phenoxy) is 1. The number of anilines is 2. The van der Waals surface area contributed by atoms with E-state index in [0.717, 1.165) is 5.69 Å². The maximum absolute atomic E-state index is 11.8. The number of benzene rings is 2. The maximum atomic E-state index is 11.8. The highest BCUT2D eigenvalue weighted by atomic mass is 16.5. The standard InChI is InChI=1S/C15H12N2O3/c1-20-12-8-3-2-6-10(12)16-11-7-4-5-9-13(11)15(19)17-14(9)18/h2-8,16H,1H3,(H,17,18,19). The molecular formula is C15H12N2O3. The van der Waals surface area contributed by atoms with Crippen LogP contribution >= 0.6 is 0 Å². The van der Waals surface area contributed by atoms with E-state index in [9.17, 15) is 9.59 Å². The van der Waals surface area contributed by atoms with E-state index in [4.69, 9.17) is 4.74 Å². The van der Waals surface area contributed by atoms with E-state index in [0.29, 0.717) is 22.6 Å². The summed E-state index contributed by atoms with van der Waals surface area (Å²) in [6.45, 7) is 0. The van der Waals surface area contributed by atoms with E-state index in [1.165, 1.54) is 0 Å². The molecule has 2 amide bonds. The van der Waals surface area contributed by atoms with Gasteiger partial charge in [0.1, 0.15) is 5.75 Å². The number of amides is 2. The first-order valence-corrected chi connectivity index (χ1v) is 6.09. The fourth-order valence-corrected chi connectivity index (χ4v) is 2.22. The first kappa shape index (κ1) is 12.2. The van der Waals surface area contributed by atoms with Crippen LogP contribution in [0.1, 0.15) is 20.7 Å². The second kappa shape index (κ2) is 4.70. The molecular weight excluding hydrogens is 256 g/mol. The molecule has 0 aromatic heterocycles. The lowest BCUT2D eigenvalue weighted by molar-refractivity contribution is 0.0880. The zero-order valence-corrected chi connectivity index (χ0v) is 10.8. The normalized spacial score (nSPS) is 12.8. The number of carbonyl (C=O) groups is 2. The molecule has 100 valence electrons. The lowest BCUT2D eigenvalue weighted by Crippen LogP contribution is -2.20. The van der Waals surface area contributed by atoms with Gasteiger partial charge in [-0.2, -0.15) is 0 Å². The van der Waals surface area contributed by atoms with Crippen LogP contribution in [0.4, 0.5) is 11.4 Å². The number of methoxy groups -OCH3 is 1. The molecule has 0 atom stereocenters. The average molecular weight is 268 g/mol. The Morgan fingerprint density at radius 1 is 0.950 bits per heavy atom. The number of imide groups is 1. The molecule has 0 bridgehead atoms. The highest BCUT2D eigenvalue weighted by molar-refractivity contribution is 6.24. The number of hydrogen-bond donors (Lipinski definition) is 2. The Kier molecular flexibility index (Phi) is 2.87. The topological polar surface area (TPSA) is 67.4 Å². The molecule has 2 aromatic carbocycles. The quantitative estimate of drug-likeness (QED) is 0.838. The summed E-state index contributed by atoms with van der Waals surface area (Å²) in [5, 5.41) is 5.42. The Hall–Kier alpha value is -2.82. The lowest BCUT2D eigenvalue weighted by atomic mass is 10.1. The molecule has 0 unspecified atom stereocenters. The molecule has 5 nitrogen and oxygen atoms in total. The summed E-state index contributed by atoms with van der Waals surface area (Å²) >= 11 is 0. The van der Waals surface area contributed by atoms with E-state index in [1.54, 1.807) is 25.3 Å². The molecule has 5 heteroatoms. The van der Waals surface area contributed by atoms with Crippen LogP contribution in [0.3, 0.4) is 0 Å². The Bertz CT molecular complexity index is 710. The maximum Gasteiger partial charge on any atom is 0.261 e. The van der Waals surface area contributed by atoms with Crippen LogP contribution in [-0.4, -0.2) is 18.9 Å². The zero-order valence-electron chi connectivity index (χ0n) is 10.8. The van der Waals surface area contributed by atoms with Crippen molar-refractivity contribution in [1.82, 2.24) is 5.32 Å². The number of fused-ring (bicyclic) bond motifs is 1. The largest absolute Gasteiger partial charge is 0.495 e. The average Bonchev–Trinajstić information content (AvgIpc) is 2.76. The summed E-state index contributed by atoms with van der Waals surface area (Å²) in [6.07, 6.45) is 0. The number of para-hydroxylation sites is 2. The van der Waals surface area contributed by atoms with Crippen LogP contribution in [0.25, 0.3) is 0 Å². The second-order valence-corrected chi connectivity index (χ2v) is 4.34. The van der Waals surface area contributed by atoms with Gasteiger partial charge < -0.3 is 10.1 Å². The van der Waals surface area contributed by atoms with E-state index in [-0.39, 0.29) is 11.8 Å². The first-order valence-electron chi connectivity index (χ1n) is 6.09. The molecule has 1 aliphatic heterocycles. The van der Waals surface area contributed by atoms with Crippen molar-refractivity contribution in [2.75, 3.05) is 12.4 Å². The smallest absolute Gasteiger partial charge is 0.261 e. The summed E-state index contributed by atoms with van der Waals surface area (Å²) < 4.78 is 5.25. The highest BCUT2D eigenvalue weighted by Gasteiger charge is 2.29. The molecule has 1 aliphatic rings. The first-order chi connectivity index (χ1) is 9.70. The molecule has 20 heavy (non-hydrogen) atoms.